The standard InChI is InChI=1S/C18H33NO3Si/c1-7-21-17(20)11-10-16-13-15(14-19-16)9-8-12-22-23(5,6)18(2,3)4/h13-14,19H,7-12H2,1-6H3. The van der Waals surface area contributed by atoms with Gasteiger partial charge in [-0.2, -0.15) is 0 Å². The summed E-state index contributed by atoms with van der Waals surface area (Å²) in [7, 11) is -1.63. The lowest BCUT2D eigenvalue weighted by atomic mass is 10.1. The van der Waals surface area contributed by atoms with E-state index in [2.05, 4.69) is 44.9 Å². The molecule has 0 unspecified atom stereocenters. The molecule has 0 saturated heterocycles. The molecule has 0 aliphatic rings. The zero-order valence-electron chi connectivity index (χ0n) is 15.6. The Bertz CT molecular complexity index is 489. The third-order valence-electron chi connectivity index (χ3n) is 4.59. The van der Waals surface area contributed by atoms with E-state index in [0.717, 1.165) is 25.1 Å². The Morgan fingerprint density at radius 1 is 1.26 bits per heavy atom. The number of carbonyl (C=O) groups excluding carboxylic acids is 1. The van der Waals surface area contributed by atoms with Crippen LogP contribution in [0.25, 0.3) is 0 Å². The quantitative estimate of drug-likeness (QED) is 0.410. The van der Waals surface area contributed by atoms with Gasteiger partial charge in [0.1, 0.15) is 0 Å². The molecule has 132 valence electrons. The molecule has 1 N–H and O–H groups in total. The molecule has 1 heterocycles. The Balaban J connectivity index is 2.30. The van der Waals surface area contributed by atoms with Crippen LogP contribution < -0.4 is 0 Å². The summed E-state index contributed by atoms with van der Waals surface area (Å²) in [5, 5.41) is 0.265. The second-order valence-corrected chi connectivity index (χ2v) is 12.4. The van der Waals surface area contributed by atoms with Crippen LogP contribution in [-0.4, -0.2) is 32.5 Å². The highest BCUT2D eigenvalue weighted by Crippen LogP contribution is 2.36. The minimum Gasteiger partial charge on any atom is -0.466 e. The molecule has 0 saturated carbocycles. The van der Waals surface area contributed by atoms with Gasteiger partial charge < -0.3 is 14.1 Å². The molecule has 0 bridgehead atoms. The van der Waals surface area contributed by atoms with Crippen LogP contribution in [0.2, 0.25) is 18.1 Å². The van der Waals surface area contributed by atoms with Gasteiger partial charge in [0.05, 0.1) is 13.0 Å². The Kier molecular flexibility index (Phi) is 7.54. The third-order valence-corrected chi connectivity index (χ3v) is 9.12. The van der Waals surface area contributed by atoms with E-state index in [9.17, 15) is 4.79 Å². The zero-order valence-corrected chi connectivity index (χ0v) is 16.6. The molecule has 4 nitrogen and oxygen atoms in total. The minimum atomic E-state index is -1.63. The molecule has 0 atom stereocenters. The van der Waals surface area contributed by atoms with Gasteiger partial charge in [-0.15, -0.1) is 0 Å². The first kappa shape index (κ1) is 20.0. The van der Waals surface area contributed by atoms with Gasteiger partial charge >= 0.3 is 5.97 Å². The van der Waals surface area contributed by atoms with Crippen molar-refractivity contribution in [3.63, 3.8) is 0 Å². The van der Waals surface area contributed by atoms with Crippen molar-refractivity contribution in [2.24, 2.45) is 0 Å². The van der Waals surface area contributed by atoms with Gasteiger partial charge in [-0.3, -0.25) is 4.79 Å². The molecular weight excluding hydrogens is 306 g/mol. The molecular formula is C18H33NO3Si. The number of rotatable bonds is 9. The van der Waals surface area contributed by atoms with Gasteiger partial charge in [0.2, 0.25) is 0 Å². The van der Waals surface area contributed by atoms with Gasteiger partial charge in [-0.1, -0.05) is 20.8 Å². The minimum absolute atomic E-state index is 0.133. The molecule has 0 fully saturated rings. The lowest BCUT2D eigenvalue weighted by Gasteiger charge is -2.36. The van der Waals surface area contributed by atoms with Crippen molar-refractivity contribution >= 4 is 14.3 Å². The molecule has 1 rings (SSSR count). The number of ether oxygens (including phenoxy) is 1. The Labute approximate surface area is 142 Å². The fraction of sp³-hybridized carbons (Fsp3) is 0.722. The van der Waals surface area contributed by atoms with Crippen LogP contribution in [0.5, 0.6) is 0 Å². The fourth-order valence-electron chi connectivity index (χ4n) is 2.07. The second kappa shape index (κ2) is 8.69. The molecule has 23 heavy (non-hydrogen) atoms. The summed E-state index contributed by atoms with van der Waals surface area (Å²) in [6, 6.07) is 2.14. The van der Waals surface area contributed by atoms with Crippen LogP contribution in [0, 0.1) is 0 Å². The predicted molar refractivity (Wildman–Crippen MR) is 97.2 cm³/mol. The SMILES string of the molecule is CCOC(=O)CCc1cc(CCCO[Si](C)(C)C(C)(C)C)c[nH]1. The first-order valence-electron chi connectivity index (χ1n) is 8.61. The van der Waals surface area contributed by atoms with E-state index in [1.807, 2.05) is 13.1 Å². The number of aromatic nitrogens is 1. The number of hydrogen-bond acceptors (Lipinski definition) is 3. The average Bonchev–Trinajstić information content (AvgIpc) is 2.88. The molecule has 0 aliphatic carbocycles. The maximum Gasteiger partial charge on any atom is 0.306 e. The summed E-state index contributed by atoms with van der Waals surface area (Å²) in [6.07, 6.45) is 5.21. The van der Waals surface area contributed by atoms with E-state index in [1.54, 1.807) is 0 Å². The summed E-state index contributed by atoms with van der Waals surface area (Å²) in [5.74, 6) is -0.133. The number of nitrogens with one attached hydrogen (secondary N) is 1. The number of esters is 1. The van der Waals surface area contributed by atoms with Gasteiger partial charge in [-0.05, 0) is 55.9 Å². The van der Waals surface area contributed by atoms with Crippen molar-refractivity contribution in [3.8, 4) is 0 Å². The maximum atomic E-state index is 11.4. The molecule has 0 radical (unpaired) electrons. The highest BCUT2D eigenvalue weighted by atomic mass is 28.4. The zero-order chi connectivity index (χ0) is 17.5. The second-order valence-electron chi connectivity index (χ2n) is 7.55. The number of aromatic amines is 1. The predicted octanol–water partition coefficient (Wildman–Crippen LogP) is 4.46. The highest BCUT2D eigenvalue weighted by Gasteiger charge is 2.36. The lowest BCUT2D eigenvalue weighted by molar-refractivity contribution is -0.143. The van der Waals surface area contributed by atoms with Gasteiger partial charge in [-0.25, -0.2) is 0 Å². The molecule has 1 aromatic rings. The summed E-state index contributed by atoms with van der Waals surface area (Å²) < 4.78 is 11.1. The number of H-pyrrole nitrogens is 1. The molecule has 5 heteroatoms. The summed E-state index contributed by atoms with van der Waals surface area (Å²) in [6.45, 7) is 14.5. The highest BCUT2D eigenvalue weighted by molar-refractivity contribution is 6.74. The summed E-state index contributed by atoms with van der Waals surface area (Å²) in [5.41, 5.74) is 2.38. The Hall–Kier alpha value is -1.07. The van der Waals surface area contributed by atoms with E-state index in [1.165, 1.54) is 5.56 Å². The third kappa shape index (κ3) is 6.91. The summed E-state index contributed by atoms with van der Waals surface area (Å²) >= 11 is 0. The Morgan fingerprint density at radius 3 is 2.57 bits per heavy atom. The fourth-order valence-corrected chi connectivity index (χ4v) is 3.16. The van der Waals surface area contributed by atoms with E-state index in [-0.39, 0.29) is 11.0 Å². The number of hydrogen-bond donors (Lipinski definition) is 1. The van der Waals surface area contributed by atoms with Crippen molar-refractivity contribution in [1.29, 1.82) is 0 Å². The van der Waals surface area contributed by atoms with Gasteiger partial charge in [0, 0.05) is 18.5 Å². The van der Waals surface area contributed by atoms with Crippen molar-refractivity contribution < 1.29 is 14.0 Å². The van der Waals surface area contributed by atoms with Crippen LogP contribution in [0.3, 0.4) is 0 Å². The molecule has 0 spiro atoms. The van der Waals surface area contributed by atoms with E-state index >= 15 is 0 Å². The van der Waals surface area contributed by atoms with Gasteiger partial charge in [0.15, 0.2) is 8.32 Å². The van der Waals surface area contributed by atoms with Gasteiger partial charge in [0.25, 0.3) is 0 Å². The lowest BCUT2D eigenvalue weighted by Crippen LogP contribution is -2.41. The molecule has 0 aliphatic heterocycles. The van der Waals surface area contributed by atoms with E-state index in [0.29, 0.717) is 19.4 Å². The smallest absolute Gasteiger partial charge is 0.306 e. The van der Waals surface area contributed by atoms with Crippen molar-refractivity contribution in [1.82, 2.24) is 4.98 Å². The van der Waals surface area contributed by atoms with Crippen molar-refractivity contribution in [2.75, 3.05) is 13.2 Å². The van der Waals surface area contributed by atoms with Crippen LogP contribution >= 0.6 is 0 Å². The topological polar surface area (TPSA) is 51.3 Å². The maximum absolute atomic E-state index is 11.4. The Morgan fingerprint density at radius 2 is 1.96 bits per heavy atom. The summed E-state index contributed by atoms with van der Waals surface area (Å²) in [4.78, 5) is 14.6. The molecule has 0 amide bonds. The van der Waals surface area contributed by atoms with Crippen LogP contribution in [0.15, 0.2) is 12.3 Å². The number of aryl methyl sites for hydroxylation is 2. The van der Waals surface area contributed by atoms with Crippen LogP contribution in [-0.2, 0) is 26.8 Å². The van der Waals surface area contributed by atoms with E-state index in [4.69, 9.17) is 9.16 Å². The van der Waals surface area contributed by atoms with Crippen molar-refractivity contribution in [3.05, 3.63) is 23.5 Å². The van der Waals surface area contributed by atoms with Crippen LogP contribution in [0.1, 0.15) is 51.8 Å². The van der Waals surface area contributed by atoms with Crippen LogP contribution in [0.4, 0.5) is 0 Å². The van der Waals surface area contributed by atoms with Crippen molar-refractivity contribution in [2.45, 2.75) is 71.5 Å². The average molecular weight is 340 g/mol. The normalized spacial score (nSPS) is 12.4. The van der Waals surface area contributed by atoms with E-state index < -0.39 is 8.32 Å². The molecule has 0 aromatic carbocycles. The number of carbonyl (C=O) groups is 1. The monoisotopic (exact) mass is 339 g/mol. The first-order valence-corrected chi connectivity index (χ1v) is 11.5. The largest absolute Gasteiger partial charge is 0.466 e. The molecule has 1 aromatic heterocycles. The first-order chi connectivity index (χ1) is 10.7.